The smallest absolute Gasteiger partial charge is 0.269 e. The first-order valence-electron chi connectivity index (χ1n) is 5.93. The number of carbonyl (C=O) groups is 1. The minimum Gasteiger partial charge on any atom is -0.488 e. The summed E-state index contributed by atoms with van der Waals surface area (Å²) in [4.78, 5) is 21.5. The van der Waals surface area contributed by atoms with Crippen molar-refractivity contribution in [1.29, 1.82) is 0 Å². The van der Waals surface area contributed by atoms with Gasteiger partial charge in [0.25, 0.3) is 11.6 Å². The molecule has 0 aliphatic heterocycles. The summed E-state index contributed by atoms with van der Waals surface area (Å²) < 4.78 is 5.49. The molecule has 0 radical (unpaired) electrons. The van der Waals surface area contributed by atoms with Gasteiger partial charge in [-0.25, -0.2) is 0 Å². The SMILES string of the molecule is NC(=O)c1ccccc1OCc1cc([N+](=O)[O-])ccc1Cl. The standard InChI is InChI=1S/C14H11ClN2O4/c15-12-6-5-10(17(19)20)7-9(12)8-21-13-4-2-1-3-11(13)14(16)18/h1-7H,8H2,(H2,16,18). The van der Waals surface area contributed by atoms with Crippen LogP contribution >= 0.6 is 11.6 Å². The second-order valence-electron chi connectivity index (χ2n) is 4.18. The molecule has 0 aliphatic carbocycles. The van der Waals surface area contributed by atoms with E-state index < -0.39 is 10.8 Å². The molecule has 0 atom stereocenters. The molecule has 2 aromatic carbocycles. The maximum Gasteiger partial charge on any atom is 0.269 e. The molecule has 108 valence electrons. The van der Waals surface area contributed by atoms with Crippen molar-refractivity contribution in [2.45, 2.75) is 6.61 Å². The van der Waals surface area contributed by atoms with Gasteiger partial charge < -0.3 is 10.5 Å². The molecular weight excluding hydrogens is 296 g/mol. The molecule has 2 rings (SSSR count). The molecule has 2 aromatic rings. The van der Waals surface area contributed by atoms with Gasteiger partial charge in [0.2, 0.25) is 0 Å². The minimum atomic E-state index is -0.615. The van der Waals surface area contributed by atoms with Gasteiger partial charge in [0.05, 0.1) is 10.5 Å². The molecule has 0 saturated carbocycles. The van der Waals surface area contributed by atoms with E-state index >= 15 is 0 Å². The van der Waals surface area contributed by atoms with E-state index in [1.807, 2.05) is 0 Å². The zero-order valence-electron chi connectivity index (χ0n) is 10.8. The minimum absolute atomic E-state index is 0.00912. The first-order valence-corrected chi connectivity index (χ1v) is 6.31. The number of rotatable bonds is 5. The van der Waals surface area contributed by atoms with Crippen LogP contribution in [0.2, 0.25) is 5.02 Å². The lowest BCUT2D eigenvalue weighted by molar-refractivity contribution is -0.384. The fourth-order valence-corrected chi connectivity index (χ4v) is 1.91. The van der Waals surface area contributed by atoms with Crippen LogP contribution in [-0.4, -0.2) is 10.8 Å². The Balaban J connectivity index is 2.22. The number of carbonyl (C=O) groups excluding carboxylic acids is 1. The second kappa shape index (κ2) is 6.23. The van der Waals surface area contributed by atoms with Crippen molar-refractivity contribution in [2.24, 2.45) is 5.73 Å². The van der Waals surface area contributed by atoms with E-state index in [-0.39, 0.29) is 17.9 Å². The molecule has 21 heavy (non-hydrogen) atoms. The normalized spacial score (nSPS) is 10.1. The van der Waals surface area contributed by atoms with Crippen molar-refractivity contribution in [3.8, 4) is 5.75 Å². The summed E-state index contributed by atoms with van der Waals surface area (Å²) in [6.45, 7) is -0.00912. The van der Waals surface area contributed by atoms with Crippen LogP contribution in [0.4, 0.5) is 5.69 Å². The first-order chi connectivity index (χ1) is 9.99. The number of hydrogen-bond donors (Lipinski definition) is 1. The zero-order valence-corrected chi connectivity index (χ0v) is 11.5. The molecular formula is C14H11ClN2O4. The Bertz CT molecular complexity index is 703. The van der Waals surface area contributed by atoms with Gasteiger partial charge in [-0.2, -0.15) is 0 Å². The van der Waals surface area contributed by atoms with Crippen molar-refractivity contribution >= 4 is 23.2 Å². The van der Waals surface area contributed by atoms with E-state index in [1.54, 1.807) is 18.2 Å². The summed E-state index contributed by atoms with van der Waals surface area (Å²) in [6.07, 6.45) is 0. The summed E-state index contributed by atoms with van der Waals surface area (Å²) in [5.74, 6) is -0.316. The Morgan fingerprint density at radius 3 is 2.67 bits per heavy atom. The molecule has 2 N–H and O–H groups in total. The maximum absolute atomic E-state index is 11.3. The zero-order chi connectivity index (χ0) is 15.4. The van der Waals surface area contributed by atoms with Gasteiger partial charge in [-0.1, -0.05) is 23.7 Å². The fraction of sp³-hybridized carbons (Fsp3) is 0.0714. The molecule has 0 heterocycles. The van der Waals surface area contributed by atoms with Crippen LogP contribution in [0.15, 0.2) is 42.5 Å². The van der Waals surface area contributed by atoms with Crippen molar-refractivity contribution in [3.63, 3.8) is 0 Å². The number of halogens is 1. The Morgan fingerprint density at radius 1 is 1.29 bits per heavy atom. The van der Waals surface area contributed by atoms with Crippen LogP contribution < -0.4 is 10.5 Å². The first kappa shape index (κ1) is 14.8. The Hall–Kier alpha value is -2.60. The highest BCUT2D eigenvalue weighted by Gasteiger charge is 2.12. The van der Waals surface area contributed by atoms with E-state index in [0.29, 0.717) is 16.3 Å². The van der Waals surface area contributed by atoms with Crippen LogP contribution in [0.25, 0.3) is 0 Å². The van der Waals surface area contributed by atoms with Crippen LogP contribution in [0, 0.1) is 10.1 Å². The number of nitro benzene ring substituents is 1. The Labute approximate surface area is 125 Å². The molecule has 7 heteroatoms. The van der Waals surface area contributed by atoms with Gasteiger partial charge in [0.1, 0.15) is 12.4 Å². The molecule has 0 unspecified atom stereocenters. The van der Waals surface area contributed by atoms with E-state index in [0.717, 1.165) is 0 Å². The van der Waals surface area contributed by atoms with E-state index in [4.69, 9.17) is 22.1 Å². The van der Waals surface area contributed by atoms with Gasteiger partial charge in [-0.15, -0.1) is 0 Å². The molecule has 0 aromatic heterocycles. The number of ether oxygens (including phenoxy) is 1. The van der Waals surface area contributed by atoms with Gasteiger partial charge >= 0.3 is 0 Å². The van der Waals surface area contributed by atoms with Gasteiger partial charge in [-0.05, 0) is 18.2 Å². The lowest BCUT2D eigenvalue weighted by Crippen LogP contribution is -2.13. The summed E-state index contributed by atoms with van der Waals surface area (Å²) in [5.41, 5.74) is 5.85. The Kier molecular flexibility index (Phi) is 4.39. The van der Waals surface area contributed by atoms with Crippen molar-refractivity contribution in [1.82, 2.24) is 0 Å². The number of nitro groups is 1. The molecule has 0 aliphatic rings. The summed E-state index contributed by atoms with van der Waals surface area (Å²) >= 11 is 5.98. The molecule has 0 fully saturated rings. The van der Waals surface area contributed by atoms with Crippen LogP contribution in [0.3, 0.4) is 0 Å². The number of para-hydroxylation sites is 1. The third kappa shape index (κ3) is 3.49. The van der Waals surface area contributed by atoms with Gasteiger partial charge in [0, 0.05) is 22.7 Å². The second-order valence-corrected chi connectivity index (χ2v) is 4.59. The highest BCUT2D eigenvalue weighted by atomic mass is 35.5. The highest BCUT2D eigenvalue weighted by molar-refractivity contribution is 6.31. The maximum atomic E-state index is 11.3. The predicted molar refractivity (Wildman–Crippen MR) is 77.4 cm³/mol. The molecule has 1 amide bonds. The predicted octanol–water partition coefficient (Wildman–Crippen LogP) is 2.93. The van der Waals surface area contributed by atoms with Gasteiger partial charge in [0.15, 0.2) is 0 Å². The third-order valence-electron chi connectivity index (χ3n) is 2.78. The largest absolute Gasteiger partial charge is 0.488 e. The third-order valence-corrected chi connectivity index (χ3v) is 3.14. The van der Waals surface area contributed by atoms with E-state index in [1.165, 1.54) is 24.3 Å². The molecule has 0 spiro atoms. The lowest BCUT2D eigenvalue weighted by atomic mass is 10.2. The van der Waals surface area contributed by atoms with Crippen LogP contribution in [-0.2, 0) is 6.61 Å². The number of amides is 1. The average molecular weight is 307 g/mol. The van der Waals surface area contributed by atoms with Gasteiger partial charge in [-0.3, -0.25) is 14.9 Å². The molecule has 0 bridgehead atoms. The van der Waals surface area contributed by atoms with Crippen molar-refractivity contribution in [2.75, 3.05) is 0 Å². The number of benzene rings is 2. The fourth-order valence-electron chi connectivity index (χ4n) is 1.74. The van der Waals surface area contributed by atoms with Crippen molar-refractivity contribution < 1.29 is 14.5 Å². The lowest BCUT2D eigenvalue weighted by Gasteiger charge is -2.10. The number of nitrogens with zero attached hydrogens (tertiary/aromatic N) is 1. The quantitative estimate of drug-likeness (QED) is 0.678. The van der Waals surface area contributed by atoms with Crippen molar-refractivity contribution in [3.05, 3.63) is 68.7 Å². The molecule has 0 saturated heterocycles. The summed E-state index contributed by atoms with van der Waals surface area (Å²) in [6, 6.07) is 10.5. The average Bonchev–Trinajstić information content (AvgIpc) is 2.46. The number of nitrogens with two attached hydrogens (primary N) is 1. The molecule has 6 nitrogen and oxygen atoms in total. The number of hydrogen-bond acceptors (Lipinski definition) is 4. The summed E-state index contributed by atoms with van der Waals surface area (Å²) in [7, 11) is 0. The highest BCUT2D eigenvalue weighted by Crippen LogP contribution is 2.25. The Morgan fingerprint density at radius 2 is 2.00 bits per heavy atom. The van der Waals surface area contributed by atoms with Crippen LogP contribution in [0.5, 0.6) is 5.75 Å². The van der Waals surface area contributed by atoms with E-state index in [9.17, 15) is 14.9 Å². The summed E-state index contributed by atoms with van der Waals surface area (Å²) in [5, 5.41) is 11.1. The van der Waals surface area contributed by atoms with Crippen LogP contribution in [0.1, 0.15) is 15.9 Å². The monoisotopic (exact) mass is 306 g/mol. The number of non-ortho nitro benzene ring substituents is 1. The van der Waals surface area contributed by atoms with E-state index in [2.05, 4.69) is 0 Å². The topological polar surface area (TPSA) is 95.5 Å². The number of primary amides is 1.